The van der Waals surface area contributed by atoms with E-state index in [9.17, 15) is 0 Å². The van der Waals surface area contributed by atoms with Gasteiger partial charge in [0.2, 0.25) is 0 Å². The number of hydrogen-bond acceptors (Lipinski definition) is 3. The lowest BCUT2D eigenvalue weighted by atomic mass is 9.99. The highest BCUT2D eigenvalue weighted by Gasteiger charge is 2.19. The monoisotopic (exact) mass is 273 g/mol. The Labute approximate surface area is 122 Å². The zero-order valence-electron chi connectivity index (χ0n) is 12.6. The summed E-state index contributed by atoms with van der Waals surface area (Å²) in [5.74, 6) is 0. The van der Waals surface area contributed by atoms with Crippen LogP contribution in [0.4, 0.5) is 5.69 Å². The van der Waals surface area contributed by atoms with Crippen molar-refractivity contribution in [3.63, 3.8) is 0 Å². The summed E-state index contributed by atoms with van der Waals surface area (Å²) in [6.45, 7) is 8.05. The van der Waals surface area contributed by atoms with E-state index in [1.165, 1.54) is 62.1 Å². The summed E-state index contributed by atoms with van der Waals surface area (Å²) in [7, 11) is 0. The van der Waals surface area contributed by atoms with Crippen molar-refractivity contribution in [2.24, 2.45) is 0 Å². The van der Waals surface area contributed by atoms with Gasteiger partial charge in [-0.15, -0.1) is 0 Å². The molecule has 2 N–H and O–H groups in total. The van der Waals surface area contributed by atoms with Gasteiger partial charge < -0.3 is 15.5 Å². The van der Waals surface area contributed by atoms with Gasteiger partial charge >= 0.3 is 0 Å². The molecule has 0 bridgehead atoms. The normalized spacial score (nSPS) is 23.1. The number of benzene rings is 1. The molecule has 0 radical (unpaired) electrons. The van der Waals surface area contributed by atoms with Gasteiger partial charge in [-0.3, -0.25) is 0 Å². The minimum Gasteiger partial charge on any atom is -0.385 e. The van der Waals surface area contributed by atoms with E-state index < -0.39 is 0 Å². The van der Waals surface area contributed by atoms with E-state index in [1.54, 1.807) is 0 Å². The van der Waals surface area contributed by atoms with Crippen molar-refractivity contribution < 1.29 is 0 Å². The number of nitrogens with zero attached hydrogens (tertiary/aromatic N) is 1. The van der Waals surface area contributed by atoms with Crippen LogP contribution in [0.1, 0.15) is 37.3 Å². The summed E-state index contributed by atoms with van der Waals surface area (Å²) < 4.78 is 0. The fraction of sp³-hybridized carbons (Fsp3) is 0.647. The van der Waals surface area contributed by atoms with Gasteiger partial charge in [0.15, 0.2) is 0 Å². The average molecular weight is 273 g/mol. The fourth-order valence-corrected chi connectivity index (χ4v) is 3.49. The highest BCUT2D eigenvalue weighted by molar-refractivity contribution is 5.59. The maximum Gasteiger partial charge on any atom is 0.0418 e. The first-order valence-electron chi connectivity index (χ1n) is 8.17. The fourth-order valence-electron chi connectivity index (χ4n) is 3.49. The molecule has 3 nitrogen and oxygen atoms in total. The SMILES string of the molecule is CCN1CCCC(NCc2cccc3c2NCCC3)C1. The number of likely N-dealkylation sites (N-methyl/N-ethyl adjacent to an activating group) is 1. The topological polar surface area (TPSA) is 27.3 Å². The lowest BCUT2D eigenvalue weighted by molar-refractivity contribution is 0.198. The largest absolute Gasteiger partial charge is 0.385 e. The molecule has 1 saturated heterocycles. The van der Waals surface area contributed by atoms with Gasteiger partial charge in [-0.1, -0.05) is 25.1 Å². The molecule has 3 heteroatoms. The highest BCUT2D eigenvalue weighted by atomic mass is 15.2. The molecule has 0 amide bonds. The molecule has 1 fully saturated rings. The van der Waals surface area contributed by atoms with E-state index in [1.807, 2.05) is 0 Å². The molecule has 20 heavy (non-hydrogen) atoms. The Morgan fingerprint density at radius 1 is 1.35 bits per heavy atom. The van der Waals surface area contributed by atoms with Crippen LogP contribution in [0.15, 0.2) is 18.2 Å². The van der Waals surface area contributed by atoms with Crippen LogP contribution in [0.25, 0.3) is 0 Å². The van der Waals surface area contributed by atoms with Crippen LogP contribution >= 0.6 is 0 Å². The standard InChI is InChI=1S/C17H27N3/c1-2-20-11-5-9-16(13-20)19-12-15-7-3-6-14-8-4-10-18-17(14)15/h3,6-7,16,18-19H,2,4-5,8-13H2,1H3. The van der Waals surface area contributed by atoms with E-state index in [0.29, 0.717) is 6.04 Å². The Hall–Kier alpha value is -1.06. The molecule has 2 heterocycles. The first-order valence-corrected chi connectivity index (χ1v) is 8.17. The number of hydrogen-bond donors (Lipinski definition) is 2. The molecule has 1 aromatic carbocycles. The number of aryl methyl sites for hydroxylation is 1. The number of nitrogens with one attached hydrogen (secondary N) is 2. The van der Waals surface area contributed by atoms with Crippen molar-refractivity contribution in [1.82, 2.24) is 10.2 Å². The third-order valence-electron chi connectivity index (χ3n) is 4.70. The Balaban J connectivity index is 1.61. The number of fused-ring (bicyclic) bond motifs is 1. The summed E-state index contributed by atoms with van der Waals surface area (Å²) in [5, 5.41) is 7.36. The Morgan fingerprint density at radius 2 is 2.30 bits per heavy atom. The summed E-state index contributed by atoms with van der Waals surface area (Å²) in [5.41, 5.74) is 4.33. The third-order valence-corrected chi connectivity index (χ3v) is 4.70. The number of likely N-dealkylation sites (tertiary alicyclic amines) is 1. The van der Waals surface area contributed by atoms with Crippen LogP contribution in [0.3, 0.4) is 0 Å². The van der Waals surface area contributed by atoms with Crippen LogP contribution in [0.2, 0.25) is 0 Å². The first-order chi connectivity index (χ1) is 9.86. The Kier molecular flexibility index (Phi) is 4.58. The predicted octanol–water partition coefficient (Wildman–Crippen LogP) is 2.62. The lowest BCUT2D eigenvalue weighted by Gasteiger charge is -2.32. The second kappa shape index (κ2) is 6.59. The number of para-hydroxylation sites is 1. The first kappa shape index (κ1) is 13.9. The van der Waals surface area contributed by atoms with Gasteiger partial charge in [0.25, 0.3) is 0 Å². The van der Waals surface area contributed by atoms with Crippen LogP contribution < -0.4 is 10.6 Å². The van der Waals surface area contributed by atoms with Crippen LogP contribution in [-0.2, 0) is 13.0 Å². The predicted molar refractivity (Wildman–Crippen MR) is 85.2 cm³/mol. The van der Waals surface area contributed by atoms with Gasteiger partial charge in [-0.05, 0) is 49.9 Å². The van der Waals surface area contributed by atoms with E-state index in [4.69, 9.17) is 0 Å². The average Bonchev–Trinajstić information content (AvgIpc) is 2.53. The van der Waals surface area contributed by atoms with Crippen molar-refractivity contribution >= 4 is 5.69 Å². The minimum absolute atomic E-state index is 0.656. The summed E-state index contributed by atoms with van der Waals surface area (Å²) in [6.07, 6.45) is 5.14. The quantitative estimate of drug-likeness (QED) is 0.883. The second-order valence-electron chi connectivity index (χ2n) is 6.09. The highest BCUT2D eigenvalue weighted by Crippen LogP contribution is 2.26. The molecule has 110 valence electrons. The van der Waals surface area contributed by atoms with E-state index in [0.717, 1.165) is 13.1 Å². The zero-order valence-corrected chi connectivity index (χ0v) is 12.6. The third kappa shape index (κ3) is 3.15. The summed E-state index contributed by atoms with van der Waals surface area (Å²) in [6, 6.07) is 7.40. The van der Waals surface area contributed by atoms with Crippen molar-refractivity contribution in [2.45, 2.75) is 45.2 Å². The molecule has 0 aromatic heterocycles. The number of rotatable bonds is 4. The number of anilines is 1. The van der Waals surface area contributed by atoms with Crippen molar-refractivity contribution in [3.05, 3.63) is 29.3 Å². The summed E-state index contributed by atoms with van der Waals surface area (Å²) >= 11 is 0. The van der Waals surface area contributed by atoms with Gasteiger partial charge in [0, 0.05) is 31.4 Å². The Bertz CT molecular complexity index is 444. The van der Waals surface area contributed by atoms with Crippen LogP contribution in [-0.4, -0.2) is 37.1 Å². The number of piperidine rings is 1. The van der Waals surface area contributed by atoms with E-state index >= 15 is 0 Å². The van der Waals surface area contributed by atoms with Crippen LogP contribution in [0.5, 0.6) is 0 Å². The van der Waals surface area contributed by atoms with Crippen molar-refractivity contribution in [1.29, 1.82) is 0 Å². The van der Waals surface area contributed by atoms with Gasteiger partial charge in [-0.25, -0.2) is 0 Å². The molecular formula is C17H27N3. The van der Waals surface area contributed by atoms with Gasteiger partial charge in [0.05, 0.1) is 0 Å². The molecule has 3 rings (SSSR count). The second-order valence-corrected chi connectivity index (χ2v) is 6.09. The maximum absolute atomic E-state index is 3.77. The zero-order chi connectivity index (χ0) is 13.8. The van der Waals surface area contributed by atoms with E-state index in [2.05, 4.69) is 40.7 Å². The van der Waals surface area contributed by atoms with E-state index in [-0.39, 0.29) is 0 Å². The maximum atomic E-state index is 3.77. The molecule has 0 saturated carbocycles. The smallest absolute Gasteiger partial charge is 0.0418 e. The molecule has 1 unspecified atom stereocenters. The molecule has 1 atom stereocenters. The van der Waals surface area contributed by atoms with Crippen molar-refractivity contribution in [2.75, 3.05) is 31.5 Å². The van der Waals surface area contributed by atoms with Crippen LogP contribution in [0, 0.1) is 0 Å². The molecule has 0 spiro atoms. The lowest BCUT2D eigenvalue weighted by Crippen LogP contribution is -2.45. The van der Waals surface area contributed by atoms with Crippen molar-refractivity contribution in [3.8, 4) is 0 Å². The minimum atomic E-state index is 0.656. The molecule has 1 aromatic rings. The molecule has 0 aliphatic carbocycles. The Morgan fingerprint density at radius 3 is 3.20 bits per heavy atom. The summed E-state index contributed by atoms with van der Waals surface area (Å²) in [4.78, 5) is 2.56. The van der Waals surface area contributed by atoms with Gasteiger partial charge in [0.1, 0.15) is 0 Å². The molecule has 2 aliphatic rings. The van der Waals surface area contributed by atoms with Gasteiger partial charge in [-0.2, -0.15) is 0 Å². The molecule has 2 aliphatic heterocycles. The molecular weight excluding hydrogens is 246 g/mol.